The molecule has 0 radical (unpaired) electrons. The SMILES string of the molecule is CCCCc1cc(F)c(/C=N/N=C/c2ccc(C(F)(F)F)cc2)c(F)c1.CCCc1cc(F)c(/C=N/N=C/c2ccc(C(F)(F)F)cc2)c(F)c1. The van der Waals surface area contributed by atoms with Crippen molar-refractivity contribution in [1.82, 2.24) is 0 Å². The highest BCUT2D eigenvalue weighted by Gasteiger charge is 2.30. The molecule has 0 aromatic heterocycles. The van der Waals surface area contributed by atoms with Crippen molar-refractivity contribution >= 4 is 24.9 Å². The summed E-state index contributed by atoms with van der Waals surface area (Å²) in [5.74, 6) is -2.94. The molecule has 14 heteroatoms. The van der Waals surface area contributed by atoms with Gasteiger partial charge in [-0.3, -0.25) is 0 Å². The summed E-state index contributed by atoms with van der Waals surface area (Å²) >= 11 is 0. The van der Waals surface area contributed by atoms with Gasteiger partial charge in [0.2, 0.25) is 0 Å². The summed E-state index contributed by atoms with van der Waals surface area (Å²) in [7, 11) is 0. The second-order valence-electron chi connectivity index (χ2n) is 11.0. The Morgan fingerprint density at radius 3 is 1.12 bits per heavy atom. The van der Waals surface area contributed by atoms with Crippen molar-refractivity contribution in [2.45, 2.75) is 58.3 Å². The molecule has 0 atom stereocenters. The van der Waals surface area contributed by atoms with Gasteiger partial charge >= 0.3 is 12.4 Å². The second kappa shape index (κ2) is 18.7. The number of unbranched alkanes of at least 4 members (excludes halogenated alkanes) is 1. The van der Waals surface area contributed by atoms with Crippen LogP contribution in [-0.2, 0) is 25.2 Å². The van der Waals surface area contributed by atoms with E-state index < -0.39 is 46.7 Å². The van der Waals surface area contributed by atoms with E-state index in [0.29, 0.717) is 35.1 Å². The predicted octanol–water partition coefficient (Wildman–Crippen LogP) is 11.2. The first-order valence-electron chi connectivity index (χ1n) is 15.6. The van der Waals surface area contributed by atoms with Crippen LogP contribution in [0.2, 0.25) is 0 Å². The Hall–Kier alpha value is -5.14. The zero-order chi connectivity index (χ0) is 37.6. The van der Waals surface area contributed by atoms with Crippen LogP contribution in [-0.4, -0.2) is 24.9 Å². The third-order valence-electron chi connectivity index (χ3n) is 7.03. The van der Waals surface area contributed by atoms with Crippen LogP contribution >= 0.6 is 0 Å². The maximum absolute atomic E-state index is 14.0. The largest absolute Gasteiger partial charge is 0.416 e. The first kappa shape index (κ1) is 40.3. The van der Waals surface area contributed by atoms with Gasteiger partial charge in [-0.05, 0) is 90.0 Å². The van der Waals surface area contributed by atoms with Gasteiger partial charge in [-0.25, -0.2) is 17.6 Å². The number of hydrogen-bond acceptors (Lipinski definition) is 4. The quantitative estimate of drug-likeness (QED) is 0.0841. The summed E-state index contributed by atoms with van der Waals surface area (Å²) in [6.45, 7) is 3.89. The van der Waals surface area contributed by atoms with E-state index >= 15 is 0 Å². The second-order valence-corrected chi connectivity index (χ2v) is 11.0. The lowest BCUT2D eigenvalue weighted by molar-refractivity contribution is -0.138. The lowest BCUT2D eigenvalue weighted by Gasteiger charge is -2.05. The molecule has 0 fully saturated rings. The van der Waals surface area contributed by atoms with Crippen molar-refractivity contribution in [3.05, 3.63) is 141 Å². The molecule has 4 rings (SSSR count). The monoisotopic (exact) mass is 722 g/mol. The fraction of sp³-hybridized carbons (Fsp3) is 0.243. The standard InChI is InChI=1S/C19H17F5N2.C18H15F5N2/c1-2-3-4-14-9-17(20)16(18(21)10-14)12-26-25-11-13-5-7-15(8-6-13)19(22,23)24;1-2-3-13-8-16(19)15(17(20)9-13)11-25-24-10-12-4-6-14(7-5-12)18(21,22)23/h5-12H,2-4H2,1H3;4-11H,2-3H2,1H3/b25-11+,26-12+;24-10+,25-11+. The minimum Gasteiger partial charge on any atom is -0.206 e. The molecule has 0 heterocycles. The van der Waals surface area contributed by atoms with E-state index in [4.69, 9.17) is 0 Å². The molecule has 0 saturated carbocycles. The molecule has 0 aliphatic carbocycles. The average molecular weight is 723 g/mol. The fourth-order valence-corrected chi connectivity index (χ4v) is 4.38. The van der Waals surface area contributed by atoms with Gasteiger partial charge in [0.05, 0.1) is 47.1 Å². The Bertz CT molecular complexity index is 1800. The Balaban J connectivity index is 0.000000276. The number of nitrogens with zero attached hydrogens (tertiary/aromatic N) is 4. The lowest BCUT2D eigenvalue weighted by Crippen LogP contribution is -2.04. The fourth-order valence-electron chi connectivity index (χ4n) is 4.38. The molecule has 0 spiro atoms. The van der Waals surface area contributed by atoms with E-state index in [1.807, 2.05) is 13.8 Å². The minimum absolute atomic E-state index is 0.310. The average Bonchev–Trinajstić information content (AvgIpc) is 3.06. The van der Waals surface area contributed by atoms with Crippen LogP contribution in [0.15, 0.2) is 93.2 Å². The summed E-state index contributed by atoms with van der Waals surface area (Å²) in [6, 6.07) is 13.6. The lowest BCUT2D eigenvalue weighted by atomic mass is 10.1. The molecular formula is C37H32F10N4. The minimum atomic E-state index is -4.41. The highest BCUT2D eigenvalue weighted by atomic mass is 19.4. The predicted molar refractivity (Wildman–Crippen MR) is 179 cm³/mol. The number of aryl methyl sites for hydroxylation is 2. The third kappa shape index (κ3) is 12.9. The summed E-state index contributed by atoms with van der Waals surface area (Å²) < 4.78 is 130. The molecule has 4 aromatic rings. The van der Waals surface area contributed by atoms with Gasteiger partial charge in [-0.2, -0.15) is 46.7 Å². The molecule has 0 aliphatic heterocycles. The molecule has 0 bridgehead atoms. The number of rotatable bonds is 11. The summed E-state index contributed by atoms with van der Waals surface area (Å²) in [5.41, 5.74) is -0.278. The van der Waals surface area contributed by atoms with E-state index in [-0.39, 0.29) is 11.1 Å². The summed E-state index contributed by atoms with van der Waals surface area (Å²) in [5, 5.41) is 14.3. The van der Waals surface area contributed by atoms with Crippen molar-refractivity contribution < 1.29 is 43.9 Å². The van der Waals surface area contributed by atoms with Crippen LogP contribution < -0.4 is 0 Å². The van der Waals surface area contributed by atoms with Gasteiger partial charge in [0, 0.05) is 0 Å². The van der Waals surface area contributed by atoms with E-state index in [0.717, 1.165) is 56.0 Å². The van der Waals surface area contributed by atoms with Crippen LogP contribution in [0.4, 0.5) is 43.9 Å². The smallest absolute Gasteiger partial charge is 0.206 e. The zero-order valence-corrected chi connectivity index (χ0v) is 27.3. The normalized spacial score (nSPS) is 12.4. The van der Waals surface area contributed by atoms with Crippen molar-refractivity contribution in [2.24, 2.45) is 20.4 Å². The molecule has 0 saturated heterocycles. The van der Waals surface area contributed by atoms with Crippen LogP contribution in [0, 0.1) is 23.3 Å². The van der Waals surface area contributed by atoms with Crippen molar-refractivity contribution in [3.8, 4) is 0 Å². The first-order valence-corrected chi connectivity index (χ1v) is 15.6. The number of halogens is 10. The Morgan fingerprint density at radius 2 is 0.804 bits per heavy atom. The van der Waals surface area contributed by atoms with Crippen LogP contribution in [0.25, 0.3) is 0 Å². The van der Waals surface area contributed by atoms with Gasteiger partial charge in [-0.1, -0.05) is 51.0 Å². The Kier molecular flexibility index (Phi) is 14.8. The molecule has 0 N–H and O–H groups in total. The number of alkyl halides is 6. The van der Waals surface area contributed by atoms with E-state index in [2.05, 4.69) is 20.4 Å². The Morgan fingerprint density at radius 1 is 0.471 bits per heavy atom. The molecule has 0 aliphatic rings. The molecule has 51 heavy (non-hydrogen) atoms. The molecule has 0 unspecified atom stereocenters. The molecule has 270 valence electrons. The third-order valence-corrected chi connectivity index (χ3v) is 7.03. The maximum Gasteiger partial charge on any atom is 0.416 e. The van der Waals surface area contributed by atoms with Gasteiger partial charge < -0.3 is 0 Å². The number of hydrogen-bond donors (Lipinski definition) is 0. The van der Waals surface area contributed by atoms with Gasteiger partial charge in [0.25, 0.3) is 0 Å². The molecule has 4 nitrogen and oxygen atoms in total. The summed E-state index contributed by atoms with van der Waals surface area (Å²) in [4.78, 5) is 0. The van der Waals surface area contributed by atoms with E-state index in [1.165, 1.54) is 61.0 Å². The van der Waals surface area contributed by atoms with Crippen molar-refractivity contribution in [2.75, 3.05) is 0 Å². The summed E-state index contributed by atoms with van der Waals surface area (Å²) in [6.07, 6.45) is -0.876. The van der Waals surface area contributed by atoms with E-state index in [1.54, 1.807) is 0 Å². The highest BCUT2D eigenvalue weighted by molar-refractivity contribution is 5.84. The van der Waals surface area contributed by atoms with Gasteiger partial charge in [-0.15, -0.1) is 0 Å². The van der Waals surface area contributed by atoms with Crippen LogP contribution in [0.5, 0.6) is 0 Å². The maximum atomic E-state index is 14.0. The number of benzene rings is 4. The van der Waals surface area contributed by atoms with Crippen LogP contribution in [0.3, 0.4) is 0 Å². The molecule has 4 aromatic carbocycles. The zero-order valence-electron chi connectivity index (χ0n) is 27.3. The van der Waals surface area contributed by atoms with E-state index in [9.17, 15) is 43.9 Å². The van der Waals surface area contributed by atoms with Crippen LogP contribution in [0.1, 0.15) is 77.6 Å². The van der Waals surface area contributed by atoms with Gasteiger partial charge in [0.1, 0.15) is 23.3 Å². The topological polar surface area (TPSA) is 49.4 Å². The first-order chi connectivity index (χ1) is 24.1. The van der Waals surface area contributed by atoms with Crippen molar-refractivity contribution in [3.63, 3.8) is 0 Å². The van der Waals surface area contributed by atoms with Crippen molar-refractivity contribution in [1.29, 1.82) is 0 Å². The van der Waals surface area contributed by atoms with Gasteiger partial charge in [0.15, 0.2) is 0 Å². The molecule has 0 amide bonds. The Labute approximate surface area is 288 Å². The molecular weight excluding hydrogens is 690 g/mol. The highest BCUT2D eigenvalue weighted by Crippen LogP contribution is 2.30.